The molecule has 6 nitrogen and oxygen atoms in total. The third kappa shape index (κ3) is 6.16. The van der Waals surface area contributed by atoms with Gasteiger partial charge in [-0.3, -0.25) is 0 Å². The number of hydrogen-bond acceptors (Lipinski definition) is 4. The van der Waals surface area contributed by atoms with Crippen LogP contribution in [0.2, 0.25) is 5.54 Å². The summed E-state index contributed by atoms with van der Waals surface area (Å²) in [6, 6.07) is 16.7. The van der Waals surface area contributed by atoms with Gasteiger partial charge in [-0.2, -0.15) is 0 Å². The van der Waals surface area contributed by atoms with Crippen LogP contribution >= 0.6 is 0 Å². The van der Waals surface area contributed by atoms with Gasteiger partial charge in [-0.15, -0.1) is 0 Å². The average Bonchev–Trinajstić information content (AvgIpc) is 3.41. The van der Waals surface area contributed by atoms with E-state index in [0.29, 0.717) is 18.7 Å². The molecule has 2 aromatic carbocycles. The van der Waals surface area contributed by atoms with Crippen molar-refractivity contribution < 1.29 is 19.1 Å². The number of ether oxygens (including phenoxy) is 2. The summed E-state index contributed by atoms with van der Waals surface area (Å²) in [5, 5.41) is 5.81. The van der Waals surface area contributed by atoms with Gasteiger partial charge in [-0.25, -0.2) is 9.59 Å². The van der Waals surface area contributed by atoms with E-state index in [9.17, 15) is 9.59 Å². The molecule has 0 saturated carbocycles. The Labute approximate surface area is 198 Å². The summed E-state index contributed by atoms with van der Waals surface area (Å²) in [6.07, 6.45) is 2.26. The quantitative estimate of drug-likeness (QED) is 0.423. The summed E-state index contributed by atoms with van der Waals surface area (Å²) in [5.41, 5.74) is 5.16. The molecule has 0 spiro atoms. The Hall–Kier alpha value is -2.80. The number of unbranched alkanes of at least 4 members (excludes halogenated alkanes) is 1. The number of amides is 2. The van der Waals surface area contributed by atoms with Gasteiger partial charge in [0.2, 0.25) is 0 Å². The molecule has 1 fully saturated rings. The molecule has 1 heterocycles. The van der Waals surface area contributed by atoms with Crippen molar-refractivity contribution in [3.8, 4) is 11.1 Å². The Bertz CT molecular complexity index is 958. The number of hydrogen-bond donors (Lipinski definition) is 2. The van der Waals surface area contributed by atoms with E-state index in [1.807, 2.05) is 45.0 Å². The average molecular weight is 465 g/mol. The number of fused-ring (bicyclic) bond motifs is 3. The van der Waals surface area contributed by atoms with Crippen LogP contribution in [0.4, 0.5) is 9.59 Å². The van der Waals surface area contributed by atoms with Gasteiger partial charge in [0.1, 0.15) is 12.2 Å². The molecule has 4 rings (SSSR count). The zero-order valence-corrected chi connectivity index (χ0v) is 20.5. The van der Waals surface area contributed by atoms with Crippen LogP contribution in [0.25, 0.3) is 11.1 Å². The first-order valence-electron chi connectivity index (χ1n) is 11.7. The lowest BCUT2D eigenvalue weighted by molar-refractivity contribution is 0.0527. The third-order valence-electron chi connectivity index (χ3n) is 5.91. The van der Waals surface area contributed by atoms with Crippen molar-refractivity contribution in [3.05, 3.63) is 59.7 Å². The highest BCUT2D eigenvalue weighted by atomic mass is 28.2. The number of benzene rings is 2. The van der Waals surface area contributed by atoms with E-state index < -0.39 is 5.60 Å². The normalized spacial score (nSPS) is 18.8. The highest BCUT2D eigenvalue weighted by Gasteiger charge is 2.39. The topological polar surface area (TPSA) is 76.7 Å². The lowest BCUT2D eigenvalue weighted by Crippen LogP contribution is -2.33. The molecule has 33 heavy (non-hydrogen) atoms. The minimum Gasteiger partial charge on any atom is -0.449 e. The summed E-state index contributed by atoms with van der Waals surface area (Å²) >= 11 is 0. The summed E-state index contributed by atoms with van der Waals surface area (Å²) in [5.74, 6) is 0.0815. The van der Waals surface area contributed by atoms with Gasteiger partial charge >= 0.3 is 12.2 Å². The molecule has 174 valence electrons. The van der Waals surface area contributed by atoms with Gasteiger partial charge < -0.3 is 20.1 Å². The minimum absolute atomic E-state index is 0.0815. The van der Waals surface area contributed by atoms with Crippen molar-refractivity contribution in [1.82, 2.24) is 10.6 Å². The Morgan fingerprint density at radius 3 is 2.21 bits per heavy atom. The number of carbonyl (C=O) groups excluding carboxylic acids is 2. The first-order chi connectivity index (χ1) is 15.8. The monoisotopic (exact) mass is 464 g/mol. The molecule has 2 unspecified atom stereocenters. The zero-order valence-electron chi connectivity index (χ0n) is 19.5. The van der Waals surface area contributed by atoms with Crippen LogP contribution in [0.15, 0.2) is 48.5 Å². The summed E-state index contributed by atoms with van der Waals surface area (Å²) in [6.45, 7) is 6.50. The highest BCUT2D eigenvalue weighted by Crippen LogP contribution is 2.44. The van der Waals surface area contributed by atoms with Crippen molar-refractivity contribution >= 4 is 21.7 Å². The number of rotatable bonds is 8. The predicted octanol–water partition coefficient (Wildman–Crippen LogP) is 5.05. The van der Waals surface area contributed by atoms with E-state index in [2.05, 4.69) is 34.9 Å². The molecule has 2 amide bonds. The summed E-state index contributed by atoms with van der Waals surface area (Å²) in [4.78, 5) is 24.0. The van der Waals surface area contributed by atoms with Crippen molar-refractivity contribution in [2.24, 2.45) is 0 Å². The second-order valence-corrected chi connectivity index (χ2v) is 11.3. The third-order valence-corrected chi connectivity index (χ3v) is 7.49. The second kappa shape index (κ2) is 9.99. The molecule has 1 saturated heterocycles. The van der Waals surface area contributed by atoms with Gasteiger partial charge in [0, 0.05) is 18.1 Å². The van der Waals surface area contributed by atoms with Crippen LogP contribution in [-0.4, -0.2) is 46.1 Å². The van der Waals surface area contributed by atoms with E-state index in [4.69, 9.17) is 9.47 Å². The molecule has 7 heteroatoms. The van der Waals surface area contributed by atoms with Crippen LogP contribution in [0.3, 0.4) is 0 Å². The van der Waals surface area contributed by atoms with Crippen molar-refractivity contribution in [3.63, 3.8) is 0 Å². The molecule has 2 atom stereocenters. The second-order valence-electron chi connectivity index (χ2n) is 9.65. The van der Waals surface area contributed by atoms with Gasteiger partial charge in [-0.05, 0) is 55.0 Å². The molecule has 1 aliphatic heterocycles. The Balaban J connectivity index is 1.14. The number of carbonyl (C=O) groups is 2. The van der Waals surface area contributed by atoms with E-state index in [1.165, 1.54) is 22.3 Å². The van der Waals surface area contributed by atoms with Crippen LogP contribution in [-0.2, 0) is 9.47 Å². The first-order valence-corrected chi connectivity index (χ1v) is 12.8. The van der Waals surface area contributed by atoms with Crippen molar-refractivity contribution in [1.29, 1.82) is 0 Å². The lowest BCUT2D eigenvalue weighted by atomic mass is 9.98. The zero-order chi connectivity index (χ0) is 23.4. The molecular weight excluding hydrogens is 432 g/mol. The number of nitrogens with one attached hydrogen (secondary N) is 2. The molecule has 1 aliphatic carbocycles. The van der Waals surface area contributed by atoms with E-state index in [1.54, 1.807) is 0 Å². The van der Waals surface area contributed by atoms with Crippen molar-refractivity contribution in [2.45, 2.75) is 62.8 Å². The number of alkyl carbamates (subject to hydrolysis) is 2. The lowest BCUT2D eigenvalue weighted by Gasteiger charge is -2.19. The molecular formula is C26H32N2O4Si. The molecule has 2 N–H and O–H groups in total. The van der Waals surface area contributed by atoms with E-state index in [0.717, 1.165) is 28.8 Å². The van der Waals surface area contributed by atoms with Gasteiger partial charge in [0.05, 0.1) is 9.52 Å². The van der Waals surface area contributed by atoms with Crippen LogP contribution in [0, 0.1) is 0 Å². The standard InChI is InChI=1S/C26H32N2O4Si/c1-26(2,3)32-24(29)27-15-9-8-14-22-23(33-22)28-25(30)31-16-21-19-12-6-4-10-17(19)18-11-5-7-13-20(18)21/h4-7,10-13,21-23H,8-9,14-16H2,1-3H3,(H,27,29)(H,28,30). The fraction of sp³-hybridized carbons (Fsp3) is 0.462. The Morgan fingerprint density at radius 1 is 0.939 bits per heavy atom. The maximum absolute atomic E-state index is 12.4. The molecule has 2 aliphatic rings. The summed E-state index contributed by atoms with van der Waals surface area (Å²) in [7, 11) is 0.737. The highest BCUT2D eigenvalue weighted by molar-refractivity contribution is 6.54. The SMILES string of the molecule is CC(C)(C)OC(=O)NCCCCC1[Si]C1NC(=O)OCC1c2ccccc2-c2ccccc21. The first kappa shape index (κ1) is 23.4. The largest absolute Gasteiger partial charge is 0.449 e. The molecule has 0 bridgehead atoms. The Morgan fingerprint density at radius 2 is 1.58 bits per heavy atom. The van der Waals surface area contributed by atoms with E-state index in [-0.39, 0.29) is 23.8 Å². The van der Waals surface area contributed by atoms with E-state index >= 15 is 0 Å². The van der Waals surface area contributed by atoms with Gasteiger partial charge in [0.25, 0.3) is 0 Å². The van der Waals surface area contributed by atoms with Crippen LogP contribution < -0.4 is 10.6 Å². The fourth-order valence-corrected chi connectivity index (χ4v) is 5.50. The Kier molecular flexibility index (Phi) is 7.07. The van der Waals surface area contributed by atoms with Gasteiger partial charge in [0.15, 0.2) is 0 Å². The van der Waals surface area contributed by atoms with Crippen molar-refractivity contribution in [2.75, 3.05) is 13.2 Å². The maximum Gasteiger partial charge on any atom is 0.407 e. The smallest absolute Gasteiger partial charge is 0.407 e. The summed E-state index contributed by atoms with van der Waals surface area (Å²) < 4.78 is 10.9. The fourth-order valence-electron chi connectivity index (χ4n) is 4.33. The maximum atomic E-state index is 12.4. The molecule has 0 aromatic heterocycles. The predicted molar refractivity (Wildman–Crippen MR) is 130 cm³/mol. The minimum atomic E-state index is -0.475. The van der Waals surface area contributed by atoms with Crippen LogP contribution in [0.1, 0.15) is 57.1 Å². The molecule has 2 aromatic rings. The van der Waals surface area contributed by atoms with Crippen LogP contribution in [0.5, 0.6) is 0 Å². The molecule has 2 radical (unpaired) electrons. The van der Waals surface area contributed by atoms with Gasteiger partial charge in [-0.1, -0.05) is 61.4 Å².